The van der Waals surface area contributed by atoms with Gasteiger partial charge in [-0.05, 0) is 5.92 Å². The number of nitrogens with two attached hydrogens (primary N) is 1. The molecule has 5 heteroatoms. The third-order valence-corrected chi connectivity index (χ3v) is 2.41. The Balaban J connectivity index is 2.20. The van der Waals surface area contributed by atoms with Crippen molar-refractivity contribution in [2.45, 2.75) is 26.0 Å². The summed E-state index contributed by atoms with van der Waals surface area (Å²) in [7, 11) is 0. The van der Waals surface area contributed by atoms with Gasteiger partial charge in [0.1, 0.15) is 0 Å². The monoisotopic (exact) mass is 216 g/mol. The molecule has 1 fully saturated rings. The third kappa shape index (κ3) is 4.15. The van der Waals surface area contributed by atoms with Gasteiger partial charge in [0.25, 0.3) is 0 Å². The van der Waals surface area contributed by atoms with E-state index in [9.17, 15) is 4.79 Å². The highest BCUT2D eigenvalue weighted by Gasteiger charge is 2.19. The van der Waals surface area contributed by atoms with E-state index in [4.69, 9.17) is 15.2 Å². The first kappa shape index (κ1) is 12.4. The first-order valence-corrected chi connectivity index (χ1v) is 5.34. The zero-order valence-corrected chi connectivity index (χ0v) is 9.36. The van der Waals surface area contributed by atoms with Crippen LogP contribution in [0.4, 0.5) is 0 Å². The molecule has 1 rings (SSSR count). The number of ether oxygens (including phenoxy) is 2. The maximum absolute atomic E-state index is 11.5. The fourth-order valence-corrected chi connectivity index (χ4v) is 1.29. The second-order valence-corrected chi connectivity index (χ2v) is 4.08. The summed E-state index contributed by atoms with van der Waals surface area (Å²) in [4.78, 5) is 11.5. The van der Waals surface area contributed by atoms with E-state index in [-0.39, 0.29) is 17.9 Å². The summed E-state index contributed by atoms with van der Waals surface area (Å²) in [5, 5.41) is 2.76. The number of carbonyl (C=O) groups is 1. The minimum absolute atomic E-state index is 0.0398. The molecule has 1 aliphatic heterocycles. The van der Waals surface area contributed by atoms with Crippen molar-refractivity contribution >= 4 is 5.91 Å². The lowest BCUT2D eigenvalue weighted by Gasteiger charge is -2.24. The van der Waals surface area contributed by atoms with Crippen molar-refractivity contribution in [3.05, 3.63) is 0 Å². The highest BCUT2D eigenvalue weighted by atomic mass is 16.6. The van der Waals surface area contributed by atoms with Gasteiger partial charge >= 0.3 is 0 Å². The summed E-state index contributed by atoms with van der Waals surface area (Å²) in [5.74, 6) is 0.0210. The molecule has 0 bridgehead atoms. The molecule has 1 saturated heterocycles. The van der Waals surface area contributed by atoms with E-state index in [1.165, 1.54) is 0 Å². The largest absolute Gasteiger partial charge is 0.376 e. The number of amides is 1. The van der Waals surface area contributed by atoms with Crippen molar-refractivity contribution in [1.29, 1.82) is 0 Å². The predicted molar refractivity (Wildman–Crippen MR) is 56.4 cm³/mol. The van der Waals surface area contributed by atoms with Gasteiger partial charge in [-0.15, -0.1) is 0 Å². The van der Waals surface area contributed by atoms with E-state index < -0.39 is 6.04 Å². The molecule has 0 saturated carbocycles. The zero-order chi connectivity index (χ0) is 11.3. The lowest BCUT2D eigenvalue weighted by atomic mass is 10.1. The van der Waals surface area contributed by atoms with Crippen LogP contribution in [0.3, 0.4) is 0 Å². The van der Waals surface area contributed by atoms with Gasteiger partial charge < -0.3 is 20.5 Å². The molecule has 0 spiro atoms. The summed E-state index contributed by atoms with van der Waals surface area (Å²) in [6.07, 6.45) is -0.0398. The standard InChI is InChI=1S/C10H20N2O3/c1-7(2)9(11)10(13)12-5-8-6-14-3-4-15-8/h7-9H,3-6,11H2,1-2H3,(H,12,13)/t8?,9-/m0/s1. The molecule has 1 heterocycles. The smallest absolute Gasteiger partial charge is 0.237 e. The van der Waals surface area contributed by atoms with E-state index in [0.29, 0.717) is 26.4 Å². The molecular formula is C10H20N2O3. The Morgan fingerprint density at radius 3 is 2.80 bits per heavy atom. The average molecular weight is 216 g/mol. The molecule has 0 aromatic carbocycles. The molecule has 15 heavy (non-hydrogen) atoms. The van der Waals surface area contributed by atoms with Gasteiger partial charge in [-0.1, -0.05) is 13.8 Å². The van der Waals surface area contributed by atoms with Crippen molar-refractivity contribution in [3.8, 4) is 0 Å². The lowest BCUT2D eigenvalue weighted by Crippen LogP contribution is -2.48. The van der Waals surface area contributed by atoms with Gasteiger partial charge in [0.15, 0.2) is 0 Å². The maximum Gasteiger partial charge on any atom is 0.237 e. The maximum atomic E-state index is 11.5. The van der Waals surface area contributed by atoms with Crippen LogP contribution in [-0.2, 0) is 14.3 Å². The first-order chi connectivity index (χ1) is 7.11. The van der Waals surface area contributed by atoms with Gasteiger partial charge in [0.05, 0.1) is 32.0 Å². The first-order valence-electron chi connectivity index (χ1n) is 5.34. The fourth-order valence-electron chi connectivity index (χ4n) is 1.29. The average Bonchev–Trinajstić information content (AvgIpc) is 2.26. The van der Waals surface area contributed by atoms with Crippen LogP contribution in [0, 0.1) is 5.92 Å². The summed E-state index contributed by atoms with van der Waals surface area (Å²) < 4.78 is 10.6. The van der Waals surface area contributed by atoms with Crippen molar-refractivity contribution in [2.24, 2.45) is 11.7 Å². The minimum atomic E-state index is -0.450. The topological polar surface area (TPSA) is 73.6 Å². The molecule has 0 aromatic heterocycles. The summed E-state index contributed by atoms with van der Waals surface area (Å²) >= 11 is 0. The molecule has 0 aliphatic carbocycles. The summed E-state index contributed by atoms with van der Waals surface area (Å²) in [5.41, 5.74) is 5.69. The fraction of sp³-hybridized carbons (Fsp3) is 0.900. The van der Waals surface area contributed by atoms with Crippen LogP contribution in [0.15, 0.2) is 0 Å². The van der Waals surface area contributed by atoms with E-state index in [1.807, 2.05) is 13.8 Å². The van der Waals surface area contributed by atoms with Crippen molar-refractivity contribution < 1.29 is 14.3 Å². The van der Waals surface area contributed by atoms with E-state index >= 15 is 0 Å². The van der Waals surface area contributed by atoms with E-state index in [2.05, 4.69) is 5.32 Å². The minimum Gasteiger partial charge on any atom is -0.376 e. The highest BCUT2D eigenvalue weighted by Crippen LogP contribution is 2.01. The molecule has 1 amide bonds. The number of hydrogen-bond donors (Lipinski definition) is 2. The van der Waals surface area contributed by atoms with E-state index in [1.54, 1.807) is 0 Å². The Morgan fingerprint density at radius 2 is 2.27 bits per heavy atom. The molecule has 2 atom stereocenters. The number of nitrogens with one attached hydrogen (secondary N) is 1. The molecule has 1 unspecified atom stereocenters. The van der Waals surface area contributed by atoms with Crippen LogP contribution >= 0.6 is 0 Å². The van der Waals surface area contributed by atoms with Crippen LogP contribution in [0.2, 0.25) is 0 Å². The van der Waals surface area contributed by atoms with E-state index in [0.717, 1.165) is 0 Å². The van der Waals surface area contributed by atoms with Crippen molar-refractivity contribution in [1.82, 2.24) is 5.32 Å². The third-order valence-electron chi connectivity index (χ3n) is 2.41. The normalized spacial score (nSPS) is 23.9. The Morgan fingerprint density at radius 1 is 1.53 bits per heavy atom. The molecule has 0 radical (unpaired) electrons. The molecule has 0 aromatic rings. The van der Waals surface area contributed by atoms with Crippen LogP contribution < -0.4 is 11.1 Å². The Bertz CT molecular complexity index is 203. The van der Waals surface area contributed by atoms with Gasteiger partial charge in [-0.25, -0.2) is 0 Å². The summed E-state index contributed by atoms with van der Waals surface area (Å²) in [6, 6.07) is -0.450. The SMILES string of the molecule is CC(C)[C@H](N)C(=O)NCC1COCCO1. The van der Waals surface area contributed by atoms with Gasteiger partial charge in [0.2, 0.25) is 5.91 Å². The Kier molecular flexibility index (Phi) is 5.01. The highest BCUT2D eigenvalue weighted by molar-refractivity contribution is 5.81. The van der Waals surface area contributed by atoms with Gasteiger partial charge in [-0.3, -0.25) is 4.79 Å². The molecule has 3 N–H and O–H groups in total. The lowest BCUT2D eigenvalue weighted by molar-refractivity contribution is -0.126. The Hall–Kier alpha value is -0.650. The number of carbonyl (C=O) groups excluding carboxylic acids is 1. The van der Waals surface area contributed by atoms with Crippen molar-refractivity contribution in [3.63, 3.8) is 0 Å². The molecule has 1 aliphatic rings. The van der Waals surface area contributed by atoms with Gasteiger partial charge in [-0.2, -0.15) is 0 Å². The molecular weight excluding hydrogens is 196 g/mol. The molecule has 5 nitrogen and oxygen atoms in total. The van der Waals surface area contributed by atoms with Crippen LogP contribution in [0.25, 0.3) is 0 Å². The van der Waals surface area contributed by atoms with Crippen LogP contribution in [0.5, 0.6) is 0 Å². The quantitative estimate of drug-likeness (QED) is 0.664. The van der Waals surface area contributed by atoms with Gasteiger partial charge in [0, 0.05) is 6.54 Å². The number of hydrogen-bond acceptors (Lipinski definition) is 4. The summed E-state index contributed by atoms with van der Waals surface area (Å²) in [6.45, 7) is 6.08. The van der Waals surface area contributed by atoms with Crippen LogP contribution in [-0.4, -0.2) is 44.4 Å². The predicted octanol–water partition coefficient (Wildman–Crippen LogP) is -0.499. The zero-order valence-electron chi connectivity index (χ0n) is 9.36. The van der Waals surface area contributed by atoms with Crippen LogP contribution in [0.1, 0.15) is 13.8 Å². The van der Waals surface area contributed by atoms with Crippen molar-refractivity contribution in [2.75, 3.05) is 26.4 Å². The molecule has 88 valence electrons. The number of rotatable bonds is 4. The second-order valence-electron chi connectivity index (χ2n) is 4.08. The second kappa shape index (κ2) is 6.05. The Labute approximate surface area is 90.3 Å².